The number of nitrogens with one attached hydrogen (secondary N) is 1. The summed E-state index contributed by atoms with van der Waals surface area (Å²) in [5.41, 5.74) is 0.520. The second kappa shape index (κ2) is 6.97. The Bertz CT molecular complexity index is 1120. The summed E-state index contributed by atoms with van der Waals surface area (Å²) < 4.78 is 39.6. The number of rotatable bonds is 4. The van der Waals surface area contributed by atoms with Gasteiger partial charge < -0.3 is 13.9 Å². The molecule has 0 fully saturated rings. The van der Waals surface area contributed by atoms with Crippen molar-refractivity contribution in [3.05, 3.63) is 48.5 Å². The zero-order chi connectivity index (χ0) is 19.7. The van der Waals surface area contributed by atoms with E-state index in [1.807, 2.05) is 6.07 Å². The average Bonchev–Trinajstić information content (AvgIpc) is 3.15. The molecule has 10 heteroatoms. The standard InChI is InChI=1S/C18H15N3O6S/c1-28(23,24)12-8-6-11(7-9-12)17-20-21-18(27-17)19-16(22)15-10-25-13-4-2-3-5-14(13)26-15/h2-9,15H,10H2,1H3,(H,19,21,22). The molecule has 9 nitrogen and oxygen atoms in total. The summed E-state index contributed by atoms with van der Waals surface area (Å²) >= 11 is 0. The number of sulfone groups is 1. The van der Waals surface area contributed by atoms with Crippen molar-refractivity contribution in [3.8, 4) is 23.0 Å². The van der Waals surface area contributed by atoms with Gasteiger partial charge in [-0.2, -0.15) is 0 Å². The Hall–Kier alpha value is -3.40. The smallest absolute Gasteiger partial charge is 0.322 e. The second-order valence-electron chi connectivity index (χ2n) is 6.06. The van der Waals surface area contributed by atoms with Gasteiger partial charge in [0.1, 0.15) is 6.61 Å². The lowest BCUT2D eigenvalue weighted by atomic mass is 10.2. The summed E-state index contributed by atoms with van der Waals surface area (Å²) in [4.78, 5) is 12.5. The molecule has 1 aliphatic heterocycles. The molecule has 1 unspecified atom stereocenters. The molecule has 1 amide bonds. The Labute approximate surface area is 160 Å². The molecule has 4 rings (SSSR count). The molecule has 0 saturated heterocycles. The number of hydrogen-bond acceptors (Lipinski definition) is 8. The van der Waals surface area contributed by atoms with E-state index < -0.39 is 21.8 Å². The Morgan fingerprint density at radius 3 is 2.50 bits per heavy atom. The fourth-order valence-corrected chi connectivity index (χ4v) is 3.20. The number of hydrogen-bond donors (Lipinski definition) is 1. The SMILES string of the molecule is CS(=O)(=O)c1ccc(-c2nnc(NC(=O)C3COc4ccccc4O3)o2)cc1. The molecule has 0 aliphatic carbocycles. The molecule has 0 spiro atoms. The number of anilines is 1. The Morgan fingerprint density at radius 2 is 1.79 bits per heavy atom. The molecular formula is C18H15N3O6S. The van der Waals surface area contributed by atoms with Crippen LogP contribution in [0.25, 0.3) is 11.5 Å². The van der Waals surface area contributed by atoms with Crippen LogP contribution in [0.3, 0.4) is 0 Å². The number of fused-ring (bicyclic) bond motifs is 1. The summed E-state index contributed by atoms with van der Waals surface area (Å²) in [6.45, 7) is 0.0524. The van der Waals surface area contributed by atoms with E-state index in [0.717, 1.165) is 6.26 Å². The highest BCUT2D eigenvalue weighted by Gasteiger charge is 2.28. The highest BCUT2D eigenvalue weighted by Crippen LogP contribution is 2.31. The van der Waals surface area contributed by atoms with Crippen LogP contribution >= 0.6 is 0 Å². The van der Waals surface area contributed by atoms with Gasteiger partial charge in [-0.1, -0.05) is 17.2 Å². The van der Waals surface area contributed by atoms with Crippen molar-refractivity contribution >= 4 is 21.8 Å². The van der Waals surface area contributed by atoms with Crippen molar-refractivity contribution in [2.75, 3.05) is 18.2 Å². The van der Waals surface area contributed by atoms with Crippen LogP contribution in [0, 0.1) is 0 Å². The number of carbonyl (C=O) groups excluding carboxylic acids is 1. The quantitative estimate of drug-likeness (QED) is 0.704. The minimum atomic E-state index is -3.30. The normalized spacial score (nSPS) is 15.8. The van der Waals surface area contributed by atoms with E-state index in [2.05, 4.69) is 15.5 Å². The van der Waals surface area contributed by atoms with Gasteiger partial charge in [-0.15, -0.1) is 5.10 Å². The van der Waals surface area contributed by atoms with E-state index in [1.165, 1.54) is 12.1 Å². The molecule has 144 valence electrons. The summed E-state index contributed by atoms with van der Waals surface area (Å²) in [5, 5.41) is 10.1. The molecular weight excluding hydrogens is 386 g/mol. The zero-order valence-electron chi connectivity index (χ0n) is 14.7. The lowest BCUT2D eigenvalue weighted by molar-refractivity contribution is -0.125. The van der Waals surface area contributed by atoms with Gasteiger partial charge in [0.2, 0.25) is 12.0 Å². The van der Waals surface area contributed by atoms with E-state index in [0.29, 0.717) is 17.1 Å². The van der Waals surface area contributed by atoms with Crippen molar-refractivity contribution in [1.82, 2.24) is 10.2 Å². The zero-order valence-corrected chi connectivity index (χ0v) is 15.5. The van der Waals surface area contributed by atoms with Crippen LogP contribution in [-0.2, 0) is 14.6 Å². The molecule has 28 heavy (non-hydrogen) atoms. The Morgan fingerprint density at radius 1 is 1.07 bits per heavy atom. The first kappa shape index (κ1) is 18.0. The van der Waals surface area contributed by atoms with Gasteiger partial charge in [0.25, 0.3) is 5.91 Å². The van der Waals surface area contributed by atoms with Gasteiger partial charge in [-0.3, -0.25) is 10.1 Å². The van der Waals surface area contributed by atoms with Crippen molar-refractivity contribution in [2.45, 2.75) is 11.0 Å². The lowest BCUT2D eigenvalue weighted by Crippen LogP contribution is -2.40. The van der Waals surface area contributed by atoms with Crippen molar-refractivity contribution in [2.24, 2.45) is 0 Å². The van der Waals surface area contributed by atoms with E-state index in [1.54, 1.807) is 30.3 Å². The molecule has 1 aromatic heterocycles. The third-order valence-corrected chi connectivity index (χ3v) is 5.11. The van der Waals surface area contributed by atoms with Gasteiger partial charge in [-0.25, -0.2) is 8.42 Å². The maximum atomic E-state index is 12.4. The van der Waals surface area contributed by atoms with Crippen LogP contribution in [0.1, 0.15) is 0 Å². The van der Waals surface area contributed by atoms with Crippen molar-refractivity contribution in [3.63, 3.8) is 0 Å². The fraction of sp³-hybridized carbons (Fsp3) is 0.167. The third kappa shape index (κ3) is 3.67. The number of ether oxygens (including phenoxy) is 2. The van der Waals surface area contributed by atoms with Crippen LogP contribution in [0.5, 0.6) is 11.5 Å². The van der Waals surface area contributed by atoms with Crippen molar-refractivity contribution < 1.29 is 27.1 Å². The largest absolute Gasteiger partial charge is 0.485 e. The van der Waals surface area contributed by atoms with Crippen LogP contribution in [0.4, 0.5) is 6.01 Å². The minimum absolute atomic E-state index is 0.0524. The predicted octanol–water partition coefficient (Wildman–Crippen LogP) is 1.92. The van der Waals surface area contributed by atoms with Gasteiger partial charge >= 0.3 is 6.01 Å². The van der Waals surface area contributed by atoms with E-state index in [9.17, 15) is 13.2 Å². The third-order valence-electron chi connectivity index (χ3n) is 3.99. The molecule has 3 aromatic rings. The highest BCUT2D eigenvalue weighted by molar-refractivity contribution is 7.90. The molecule has 2 aromatic carbocycles. The average molecular weight is 401 g/mol. The fourth-order valence-electron chi connectivity index (χ4n) is 2.57. The van der Waals surface area contributed by atoms with Crippen LogP contribution in [0.15, 0.2) is 57.8 Å². The van der Waals surface area contributed by atoms with Gasteiger partial charge in [0.05, 0.1) is 4.90 Å². The summed E-state index contributed by atoms with van der Waals surface area (Å²) in [6, 6.07) is 12.9. The summed E-state index contributed by atoms with van der Waals surface area (Å²) in [7, 11) is -3.30. The number of amides is 1. The van der Waals surface area contributed by atoms with Crippen LogP contribution < -0.4 is 14.8 Å². The molecule has 0 bridgehead atoms. The Balaban J connectivity index is 1.44. The highest BCUT2D eigenvalue weighted by atomic mass is 32.2. The number of nitrogens with zero attached hydrogens (tertiary/aromatic N) is 2. The summed E-state index contributed by atoms with van der Waals surface area (Å²) in [6.07, 6.45) is 0.261. The lowest BCUT2D eigenvalue weighted by Gasteiger charge is -2.24. The molecule has 0 saturated carbocycles. The molecule has 2 heterocycles. The topological polar surface area (TPSA) is 121 Å². The Kier molecular flexibility index (Phi) is 4.47. The van der Waals surface area contributed by atoms with Gasteiger partial charge in [-0.05, 0) is 36.4 Å². The first-order chi connectivity index (χ1) is 13.4. The minimum Gasteiger partial charge on any atom is -0.485 e. The predicted molar refractivity (Wildman–Crippen MR) is 97.8 cm³/mol. The number of carbonyl (C=O) groups is 1. The number of para-hydroxylation sites is 2. The first-order valence-corrected chi connectivity index (χ1v) is 10.1. The van der Waals surface area contributed by atoms with E-state index in [-0.39, 0.29) is 23.4 Å². The first-order valence-electron chi connectivity index (χ1n) is 8.23. The molecule has 1 aliphatic rings. The molecule has 1 N–H and O–H groups in total. The van der Waals surface area contributed by atoms with Crippen LogP contribution in [0.2, 0.25) is 0 Å². The van der Waals surface area contributed by atoms with E-state index in [4.69, 9.17) is 13.9 Å². The second-order valence-corrected chi connectivity index (χ2v) is 8.08. The number of aromatic nitrogens is 2. The monoisotopic (exact) mass is 401 g/mol. The van der Waals surface area contributed by atoms with Crippen molar-refractivity contribution in [1.29, 1.82) is 0 Å². The molecule has 1 atom stereocenters. The van der Waals surface area contributed by atoms with Crippen LogP contribution in [-0.4, -0.2) is 43.5 Å². The van der Waals surface area contributed by atoms with Gasteiger partial charge in [0, 0.05) is 11.8 Å². The summed E-state index contributed by atoms with van der Waals surface area (Å²) in [5.74, 6) is 0.703. The number of benzene rings is 2. The maximum absolute atomic E-state index is 12.4. The molecule has 0 radical (unpaired) electrons. The van der Waals surface area contributed by atoms with E-state index >= 15 is 0 Å². The maximum Gasteiger partial charge on any atom is 0.322 e. The van der Waals surface area contributed by atoms with Gasteiger partial charge in [0.15, 0.2) is 21.3 Å².